The van der Waals surface area contributed by atoms with Gasteiger partial charge < -0.3 is 11.1 Å². The fourth-order valence-electron chi connectivity index (χ4n) is 1.65. The summed E-state index contributed by atoms with van der Waals surface area (Å²) in [7, 11) is 0. The smallest absolute Gasteiger partial charge is 0.391 e. The van der Waals surface area contributed by atoms with Gasteiger partial charge in [0.05, 0.1) is 11.3 Å². The first-order chi connectivity index (χ1) is 9.11. The molecule has 0 bridgehead atoms. The van der Waals surface area contributed by atoms with E-state index in [1.807, 2.05) is 0 Å². The molecule has 0 saturated carbocycles. The number of nitro groups is 1. The minimum absolute atomic E-state index is 0.230. The molecule has 1 unspecified atom stereocenters. The van der Waals surface area contributed by atoms with Crippen molar-refractivity contribution < 1.29 is 22.9 Å². The Balaban J connectivity index is 2.94. The number of nitrogens with zero attached hydrogens (tertiary/aromatic N) is 1. The number of nitrogens with two attached hydrogens (primary N) is 1. The van der Waals surface area contributed by atoms with Gasteiger partial charge in [-0.3, -0.25) is 14.9 Å². The SMILES string of the molecule is CC(CC(F)(F)F)NC(=O)c1cccc(N)c1[N+](=O)[O-]. The Bertz CT molecular complexity index is 531. The van der Waals surface area contributed by atoms with E-state index in [4.69, 9.17) is 5.73 Å². The third-order valence-electron chi connectivity index (χ3n) is 2.41. The van der Waals surface area contributed by atoms with E-state index in [0.717, 1.165) is 13.0 Å². The van der Waals surface area contributed by atoms with Crippen LogP contribution in [0.5, 0.6) is 0 Å². The van der Waals surface area contributed by atoms with E-state index in [9.17, 15) is 28.1 Å². The summed E-state index contributed by atoms with van der Waals surface area (Å²) in [6, 6.07) is 2.47. The lowest BCUT2D eigenvalue weighted by molar-refractivity contribution is -0.384. The lowest BCUT2D eigenvalue weighted by Crippen LogP contribution is -2.36. The topological polar surface area (TPSA) is 98.3 Å². The number of benzene rings is 1. The molecule has 0 aliphatic heterocycles. The van der Waals surface area contributed by atoms with Crippen molar-refractivity contribution in [2.24, 2.45) is 0 Å². The number of anilines is 1. The second kappa shape index (κ2) is 5.76. The third kappa shape index (κ3) is 4.11. The lowest BCUT2D eigenvalue weighted by Gasteiger charge is -2.16. The fraction of sp³-hybridized carbons (Fsp3) is 0.364. The molecule has 0 aromatic heterocycles. The van der Waals surface area contributed by atoms with Crippen LogP contribution in [-0.4, -0.2) is 23.0 Å². The Morgan fingerprint density at radius 1 is 1.50 bits per heavy atom. The van der Waals surface area contributed by atoms with Gasteiger partial charge >= 0.3 is 11.9 Å². The zero-order chi connectivity index (χ0) is 15.5. The van der Waals surface area contributed by atoms with Crippen molar-refractivity contribution in [1.82, 2.24) is 5.32 Å². The number of rotatable bonds is 4. The molecule has 110 valence electrons. The Kier molecular flexibility index (Phi) is 4.53. The van der Waals surface area contributed by atoms with Crippen LogP contribution in [0.3, 0.4) is 0 Å². The first-order valence-electron chi connectivity index (χ1n) is 5.52. The van der Waals surface area contributed by atoms with Crippen LogP contribution in [-0.2, 0) is 0 Å². The number of hydrogen-bond donors (Lipinski definition) is 2. The zero-order valence-electron chi connectivity index (χ0n) is 10.4. The molecule has 1 aromatic rings. The largest absolute Gasteiger partial charge is 0.393 e. The monoisotopic (exact) mass is 291 g/mol. The molecule has 0 saturated heterocycles. The molecule has 0 fully saturated rings. The molecule has 0 radical (unpaired) electrons. The maximum atomic E-state index is 12.2. The average Bonchev–Trinajstić information content (AvgIpc) is 2.24. The van der Waals surface area contributed by atoms with Gasteiger partial charge in [-0.05, 0) is 19.1 Å². The van der Waals surface area contributed by atoms with E-state index in [0.29, 0.717) is 0 Å². The molecule has 1 atom stereocenters. The number of alkyl halides is 3. The van der Waals surface area contributed by atoms with E-state index in [1.54, 1.807) is 0 Å². The summed E-state index contributed by atoms with van der Waals surface area (Å²) in [4.78, 5) is 21.8. The van der Waals surface area contributed by atoms with E-state index < -0.39 is 35.2 Å². The number of halogens is 3. The van der Waals surface area contributed by atoms with Gasteiger partial charge in [0, 0.05) is 6.04 Å². The minimum Gasteiger partial charge on any atom is -0.393 e. The van der Waals surface area contributed by atoms with Gasteiger partial charge in [0.1, 0.15) is 11.3 Å². The summed E-state index contributed by atoms with van der Waals surface area (Å²) in [5.74, 6) is -0.972. The predicted molar refractivity (Wildman–Crippen MR) is 65.1 cm³/mol. The molecule has 9 heteroatoms. The van der Waals surface area contributed by atoms with Crippen LogP contribution < -0.4 is 11.1 Å². The van der Waals surface area contributed by atoms with Crippen molar-refractivity contribution in [3.63, 3.8) is 0 Å². The summed E-state index contributed by atoms with van der Waals surface area (Å²) in [5.41, 5.74) is 4.17. The van der Waals surface area contributed by atoms with Crippen LogP contribution >= 0.6 is 0 Å². The van der Waals surface area contributed by atoms with Gasteiger partial charge in [0.2, 0.25) is 0 Å². The van der Waals surface area contributed by atoms with Crippen molar-refractivity contribution >= 4 is 17.3 Å². The zero-order valence-corrected chi connectivity index (χ0v) is 10.4. The van der Waals surface area contributed by atoms with E-state index >= 15 is 0 Å². The van der Waals surface area contributed by atoms with Crippen LogP contribution in [0, 0.1) is 10.1 Å². The average molecular weight is 291 g/mol. The number of nitrogen functional groups attached to an aromatic ring is 1. The van der Waals surface area contributed by atoms with E-state index in [1.165, 1.54) is 12.1 Å². The summed E-state index contributed by atoms with van der Waals surface area (Å²) < 4.78 is 36.5. The number of nitro benzene ring substituents is 1. The second-order valence-electron chi connectivity index (χ2n) is 4.19. The Morgan fingerprint density at radius 2 is 2.10 bits per heavy atom. The highest BCUT2D eigenvalue weighted by Gasteiger charge is 2.31. The van der Waals surface area contributed by atoms with Crippen molar-refractivity contribution in [1.29, 1.82) is 0 Å². The number of carbonyl (C=O) groups excluding carboxylic acids is 1. The molecular formula is C11H12F3N3O3. The number of carbonyl (C=O) groups is 1. The summed E-state index contributed by atoms with van der Waals surface area (Å²) in [5, 5.41) is 12.9. The molecule has 0 aliphatic rings. The summed E-state index contributed by atoms with van der Waals surface area (Å²) in [6.07, 6.45) is -5.66. The van der Waals surface area contributed by atoms with Gasteiger partial charge in [0.15, 0.2) is 0 Å². The van der Waals surface area contributed by atoms with Crippen LogP contribution in [0.4, 0.5) is 24.5 Å². The standard InChI is InChI=1S/C11H12F3N3O3/c1-6(5-11(12,13)14)16-10(18)7-3-2-4-8(15)9(7)17(19)20/h2-4,6H,5,15H2,1H3,(H,16,18). The summed E-state index contributed by atoms with van der Waals surface area (Å²) >= 11 is 0. The lowest BCUT2D eigenvalue weighted by atomic mass is 10.1. The maximum absolute atomic E-state index is 12.2. The molecule has 0 spiro atoms. The van der Waals surface area contributed by atoms with Crippen molar-refractivity contribution in [2.75, 3.05) is 5.73 Å². The van der Waals surface area contributed by atoms with Gasteiger partial charge in [-0.15, -0.1) is 0 Å². The molecule has 3 N–H and O–H groups in total. The first kappa shape index (κ1) is 15.7. The quantitative estimate of drug-likeness (QED) is 0.505. The van der Waals surface area contributed by atoms with Crippen LogP contribution in [0.25, 0.3) is 0 Å². The molecule has 0 heterocycles. The van der Waals surface area contributed by atoms with Crippen LogP contribution in [0.15, 0.2) is 18.2 Å². The number of nitrogens with one attached hydrogen (secondary N) is 1. The van der Waals surface area contributed by atoms with Crippen molar-refractivity contribution in [2.45, 2.75) is 25.6 Å². The molecular weight excluding hydrogens is 279 g/mol. The van der Waals surface area contributed by atoms with E-state index in [-0.39, 0.29) is 11.3 Å². The highest BCUT2D eigenvalue weighted by atomic mass is 19.4. The van der Waals surface area contributed by atoms with Gasteiger partial charge in [-0.1, -0.05) is 6.07 Å². The molecule has 6 nitrogen and oxygen atoms in total. The Labute approximate surface area is 111 Å². The molecule has 0 aliphatic carbocycles. The van der Waals surface area contributed by atoms with Gasteiger partial charge in [0.25, 0.3) is 5.91 Å². The Hall–Kier alpha value is -2.32. The second-order valence-corrected chi connectivity index (χ2v) is 4.19. The molecule has 1 rings (SSSR count). The molecule has 1 aromatic carbocycles. The van der Waals surface area contributed by atoms with Crippen LogP contribution in [0.1, 0.15) is 23.7 Å². The highest BCUT2D eigenvalue weighted by Crippen LogP contribution is 2.26. The third-order valence-corrected chi connectivity index (χ3v) is 2.41. The number of hydrogen-bond acceptors (Lipinski definition) is 4. The van der Waals surface area contributed by atoms with Crippen LogP contribution in [0.2, 0.25) is 0 Å². The highest BCUT2D eigenvalue weighted by molar-refractivity contribution is 6.00. The Morgan fingerprint density at radius 3 is 2.60 bits per heavy atom. The molecule has 1 amide bonds. The van der Waals surface area contributed by atoms with Crippen molar-refractivity contribution in [3.05, 3.63) is 33.9 Å². The normalized spacial score (nSPS) is 12.8. The summed E-state index contributed by atoms with van der Waals surface area (Å²) in [6.45, 7) is 1.16. The predicted octanol–water partition coefficient (Wildman–Crippen LogP) is 2.25. The molecule has 20 heavy (non-hydrogen) atoms. The van der Waals surface area contributed by atoms with Crippen molar-refractivity contribution in [3.8, 4) is 0 Å². The first-order valence-corrected chi connectivity index (χ1v) is 5.52. The van der Waals surface area contributed by atoms with Gasteiger partial charge in [-0.2, -0.15) is 13.2 Å². The number of amides is 1. The van der Waals surface area contributed by atoms with Gasteiger partial charge in [-0.25, -0.2) is 0 Å². The maximum Gasteiger partial charge on any atom is 0.391 e. The number of para-hydroxylation sites is 1. The fourth-order valence-corrected chi connectivity index (χ4v) is 1.65. The minimum atomic E-state index is -4.44. The van der Waals surface area contributed by atoms with E-state index in [2.05, 4.69) is 5.32 Å².